The number of halogens is 2. The molecule has 0 aliphatic rings. The van der Waals surface area contributed by atoms with Gasteiger partial charge in [-0.1, -0.05) is 17.7 Å². The molecular weight excluding hydrogens is 279 g/mol. The average Bonchev–Trinajstić information content (AvgIpc) is 2.42. The number of aryl methyl sites for hydroxylation is 1. The Bertz CT molecular complexity index is 653. The summed E-state index contributed by atoms with van der Waals surface area (Å²) in [6.45, 7) is 1.85. The summed E-state index contributed by atoms with van der Waals surface area (Å²) in [6, 6.07) is 9.28. The first kappa shape index (κ1) is 14.5. The molecule has 0 aliphatic carbocycles. The molecule has 0 spiro atoms. The molecule has 0 amide bonds. The Morgan fingerprint density at radius 3 is 2.70 bits per heavy atom. The molecule has 0 N–H and O–H groups in total. The normalized spacial score (nSPS) is 10.4. The standard InChI is InChI=1S/C16H14ClFO2/c1-10-3-5-13(18)7-11(10)8-15(19)14-6-4-12(17)9-16(14)20-2/h3-7,9H,8H2,1-2H3. The zero-order valence-electron chi connectivity index (χ0n) is 11.2. The summed E-state index contributed by atoms with van der Waals surface area (Å²) in [7, 11) is 1.48. The van der Waals surface area contributed by atoms with Crippen LogP contribution in [0, 0.1) is 12.7 Å². The van der Waals surface area contributed by atoms with Crippen molar-refractivity contribution in [2.24, 2.45) is 0 Å². The van der Waals surface area contributed by atoms with Crippen LogP contribution in [0.25, 0.3) is 0 Å². The highest BCUT2D eigenvalue weighted by Gasteiger charge is 2.14. The van der Waals surface area contributed by atoms with Crippen molar-refractivity contribution in [2.75, 3.05) is 7.11 Å². The van der Waals surface area contributed by atoms with E-state index in [1.807, 2.05) is 6.92 Å². The molecule has 2 aromatic carbocycles. The van der Waals surface area contributed by atoms with Crippen LogP contribution in [0.1, 0.15) is 21.5 Å². The maximum atomic E-state index is 13.2. The molecule has 0 heterocycles. The Hall–Kier alpha value is -1.87. The molecule has 0 fully saturated rings. The van der Waals surface area contributed by atoms with Gasteiger partial charge in [0.05, 0.1) is 12.7 Å². The summed E-state index contributed by atoms with van der Waals surface area (Å²) in [6.07, 6.45) is 0.127. The third-order valence-corrected chi connectivity index (χ3v) is 3.36. The zero-order chi connectivity index (χ0) is 14.7. The second kappa shape index (κ2) is 6.06. The fraction of sp³-hybridized carbons (Fsp3) is 0.188. The lowest BCUT2D eigenvalue weighted by Gasteiger charge is -2.09. The van der Waals surface area contributed by atoms with E-state index < -0.39 is 0 Å². The number of Topliss-reactive ketones (excluding diaryl/α,β-unsaturated/α-hetero) is 1. The number of benzene rings is 2. The molecule has 0 aliphatic heterocycles. The third-order valence-electron chi connectivity index (χ3n) is 3.13. The highest BCUT2D eigenvalue weighted by molar-refractivity contribution is 6.30. The Morgan fingerprint density at radius 1 is 1.25 bits per heavy atom. The largest absolute Gasteiger partial charge is 0.496 e. The molecule has 0 unspecified atom stereocenters. The number of methoxy groups -OCH3 is 1. The van der Waals surface area contributed by atoms with Crippen LogP contribution in [-0.4, -0.2) is 12.9 Å². The summed E-state index contributed by atoms with van der Waals surface area (Å²) >= 11 is 5.87. The first-order valence-electron chi connectivity index (χ1n) is 6.13. The maximum absolute atomic E-state index is 13.2. The topological polar surface area (TPSA) is 26.3 Å². The first-order valence-corrected chi connectivity index (χ1v) is 6.51. The van der Waals surface area contributed by atoms with E-state index in [-0.39, 0.29) is 18.0 Å². The number of rotatable bonds is 4. The van der Waals surface area contributed by atoms with Crippen LogP contribution in [0.15, 0.2) is 36.4 Å². The van der Waals surface area contributed by atoms with Gasteiger partial charge in [-0.25, -0.2) is 4.39 Å². The molecule has 0 radical (unpaired) electrons. The molecule has 4 heteroatoms. The van der Waals surface area contributed by atoms with Crippen molar-refractivity contribution in [1.29, 1.82) is 0 Å². The van der Waals surface area contributed by atoms with Gasteiger partial charge in [0.25, 0.3) is 0 Å². The van der Waals surface area contributed by atoms with Gasteiger partial charge in [0.2, 0.25) is 0 Å². The van der Waals surface area contributed by atoms with Gasteiger partial charge in [0.15, 0.2) is 5.78 Å². The molecule has 2 nitrogen and oxygen atoms in total. The minimum absolute atomic E-state index is 0.127. The van der Waals surface area contributed by atoms with Crippen molar-refractivity contribution in [2.45, 2.75) is 13.3 Å². The Balaban J connectivity index is 2.30. The van der Waals surface area contributed by atoms with E-state index in [9.17, 15) is 9.18 Å². The quantitative estimate of drug-likeness (QED) is 0.789. The summed E-state index contributed by atoms with van der Waals surface area (Å²) < 4.78 is 18.4. The number of carbonyl (C=O) groups excluding carboxylic acids is 1. The minimum Gasteiger partial charge on any atom is -0.496 e. The smallest absolute Gasteiger partial charge is 0.170 e. The molecule has 0 atom stereocenters. The van der Waals surface area contributed by atoms with Crippen LogP contribution < -0.4 is 4.74 Å². The lowest BCUT2D eigenvalue weighted by molar-refractivity contribution is 0.0990. The summed E-state index contributed by atoms with van der Waals surface area (Å²) in [5.41, 5.74) is 2.00. The molecule has 0 aromatic heterocycles. The molecular formula is C16H14ClFO2. The van der Waals surface area contributed by atoms with Gasteiger partial charge in [-0.3, -0.25) is 4.79 Å². The molecule has 20 heavy (non-hydrogen) atoms. The van der Waals surface area contributed by atoms with Crippen LogP contribution in [-0.2, 0) is 6.42 Å². The van der Waals surface area contributed by atoms with Gasteiger partial charge in [0.1, 0.15) is 11.6 Å². The zero-order valence-corrected chi connectivity index (χ0v) is 12.0. The predicted octanol–water partition coefficient (Wildman–Crippen LogP) is 4.22. The molecule has 0 bridgehead atoms. The minimum atomic E-state index is -0.346. The second-order valence-corrected chi connectivity index (χ2v) is 4.95. The summed E-state index contributed by atoms with van der Waals surface area (Å²) in [5, 5.41) is 0.500. The van der Waals surface area contributed by atoms with E-state index >= 15 is 0 Å². The van der Waals surface area contributed by atoms with Crippen molar-refractivity contribution in [3.8, 4) is 5.75 Å². The van der Waals surface area contributed by atoms with Crippen molar-refractivity contribution >= 4 is 17.4 Å². The third kappa shape index (κ3) is 3.17. The van der Waals surface area contributed by atoms with E-state index in [1.165, 1.54) is 19.2 Å². The number of ether oxygens (including phenoxy) is 1. The van der Waals surface area contributed by atoms with Crippen LogP contribution in [0.4, 0.5) is 4.39 Å². The first-order chi connectivity index (χ1) is 9.51. The lowest BCUT2D eigenvalue weighted by Crippen LogP contribution is -2.07. The van der Waals surface area contributed by atoms with Crippen LogP contribution in [0.3, 0.4) is 0 Å². The lowest BCUT2D eigenvalue weighted by atomic mass is 9.99. The molecule has 2 rings (SSSR count). The maximum Gasteiger partial charge on any atom is 0.170 e. The van der Waals surface area contributed by atoms with Gasteiger partial charge in [0, 0.05) is 11.4 Å². The van der Waals surface area contributed by atoms with E-state index in [1.54, 1.807) is 24.3 Å². The fourth-order valence-electron chi connectivity index (χ4n) is 1.99. The van der Waals surface area contributed by atoms with Crippen molar-refractivity contribution in [3.63, 3.8) is 0 Å². The Labute approximate surface area is 122 Å². The van der Waals surface area contributed by atoms with Crippen LogP contribution in [0.5, 0.6) is 5.75 Å². The summed E-state index contributed by atoms with van der Waals surface area (Å²) in [4.78, 5) is 12.3. The Morgan fingerprint density at radius 2 is 2.00 bits per heavy atom. The summed E-state index contributed by atoms with van der Waals surface area (Å²) in [5.74, 6) is -0.0507. The Kier molecular flexibility index (Phi) is 4.40. The fourth-order valence-corrected chi connectivity index (χ4v) is 2.16. The second-order valence-electron chi connectivity index (χ2n) is 4.52. The van der Waals surface area contributed by atoms with E-state index in [0.717, 1.165) is 5.56 Å². The van der Waals surface area contributed by atoms with E-state index in [4.69, 9.17) is 16.3 Å². The number of hydrogen-bond acceptors (Lipinski definition) is 2. The predicted molar refractivity (Wildman–Crippen MR) is 77.2 cm³/mol. The van der Waals surface area contributed by atoms with E-state index in [0.29, 0.717) is 21.9 Å². The number of ketones is 1. The van der Waals surface area contributed by atoms with E-state index in [2.05, 4.69) is 0 Å². The number of carbonyl (C=O) groups is 1. The highest BCUT2D eigenvalue weighted by atomic mass is 35.5. The van der Waals surface area contributed by atoms with Gasteiger partial charge in [-0.15, -0.1) is 0 Å². The van der Waals surface area contributed by atoms with Gasteiger partial charge in [-0.05, 0) is 48.4 Å². The molecule has 104 valence electrons. The molecule has 0 saturated heterocycles. The van der Waals surface area contributed by atoms with Gasteiger partial charge >= 0.3 is 0 Å². The van der Waals surface area contributed by atoms with Crippen molar-refractivity contribution < 1.29 is 13.9 Å². The van der Waals surface area contributed by atoms with Gasteiger partial charge in [-0.2, -0.15) is 0 Å². The average molecular weight is 293 g/mol. The van der Waals surface area contributed by atoms with Crippen molar-refractivity contribution in [1.82, 2.24) is 0 Å². The highest BCUT2D eigenvalue weighted by Crippen LogP contribution is 2.25. The molecule has 0 saturated carbocycles. The van der Waals surface area contributed by atoms with Crippen LogP contribution in [0.2, 0.25) is 5.02 Å². The van der Waals surface area contributed by atoms with Gasteiger partial charge < -0.3 is 4.74 Å². The number of hydrogen-bond donors (Lipinski definition) is 0. The van der Waals surface area contributed by atoms with Crippen LogP contribution >= 0.6 is 11.6 Å². The monoisotopic (exact) mass is 292 g/mol. The SMILES string of the molecule is COc1cc(Cl)ccc1C(=O)Cc1cc(F)ccc1C. The van der Waals surface area contributed by atoms with Crippen molar-refractivity contribution in [3.05, 3.63) is 63.9 Å². The molecule has 2 aromatic rings.